The minimum absolute atomic E-state index is 0.309. The van der Waals surface area contributed by atoms with E-state index in [0.29, 0.717) is 35.2 Å². The zero-order chi connectivity index (χ0) is 16.8. The Morgan fingerprint density at radius 1 is 0.957 bits per heavy atom. The van der Waals surface area contributed by atoms with Crippen molar-refractivity contribution in [1.29, 1.82) is 5.26 Å². The van der Waals surface area contributed by atoms with Crippen LogP contribution in [0.15, 0.2) is 34.8 Å². The topological polar surface area (TPSA) is 60.7 Å². The van der Waals surface area contributed by atoms with Crippen LogP contribution in [0.25, 0.3) is 0 Å². The molecule has 2 aromatic rings. The zero-order valence-corrected chi connectivity index (χ0v) is 14.6. The molecule has 0 unspecified atom stereocenters. The van der Waals surface area contributed by atoms with Gasteiger partial charge < -0.3 is 18.9 Å². The van der Waals surface area contributed by atoms with Gasteiger partial charge >= 0.3 is 0 Å². The van der Waals surface area contributed by atoms with Gasteiger partial charge in [0.25, 0.3) is 0 Å². The highest BCUT2D eigenvalue weighted by Gasteiger charge is 2.14. The Labute approximate surface area is 143 Å². The highest BCUT2D eigenvalue weighted by atomic mass is 79.9. The van der Waals surface area contributed by atoms with Crippen molar-refractivity contribution in [2.45, 2.75) is 6.61 Å². The monoisotopic (exact) mass is 377 g/mol. The summed E-state index contributed by atoms with van der Waals surface area (Å²) >= 11 is 3.51. The molecule has 0 saturated carbocycles. The third kappa shape index (κ3) is 3.69. The molecule has 23 heavy (non-hydrogen) atoms. The summed E-state index contributed by atoms with van der Waals surface area (Å²) in [6, 6.07) is 10.8. The van der Waals surface area contributed by atoms with Gasteiger partial charge in [0, 0.05) is 11.6 Å². The van der Waals surface area contributed by atoms with Crippen LogP contribution >= 0.6 is 15.9 Å². The molecule has 0 aliphatic rings. The summed E-state index contributed by atoms with van der Waals surface area (Å²) in [5.41, 5.74) is 1.41. The van der Waals surface area contributed by atoms with Crippen molar-refractivity contribution in [2.24, 2.45) is 0 Å². The molecule has 0 heterocycles. The number of hydrogen-bond donors (Lipinski definition) is 0. The second-order valence-electron chi connectivity index (χ2n) is 4.54. The third-order valence-corrected chi connectivity index (χ3v) is 4.11. The lowest BCUT2D eigenvalue weighted by atomic mass is 10.2. The molecule has 120 valence electrons. The van der Waals surface area contributed by atoms with E-state index in [2.05, 4.69) is 22.0 Å². The van der Waals surface area contributed by atoms with E-state index in [1.54, 1.807) is 32.4 Å². The first-order chi connectivity index (χ1) is 11.1. The van der Waals surface area contributed by atoms with E-state index in [4.69, 9.17) is 24.2 Å². The van der Waals surface area contributed by atoms with Crippen molar-refractivity contribution in [2.75, 3.05) is 21.3 Å². The minimum atomic E-state index is 0.309. The molecule has 0 amide bonds. The number of halogens is 1. The Bertz CT molecular complexity index is 740. The Morgan fingerprint density at radius 3 is 2.26 bits per heavy atom. The van der Waals surface area contributed by atoms with Crippen LogP contribution < -0.4 is 18.9 Å². The molecule has 0 N–H and O–H groups in total. The molecule has 0 spiro atoms. The smallest absolute Gasteiger partial charge is 0.175 e. The van der Waals surface area contributed by atoms with Gasteiger partial charge in [0.2, 0.25) is 0 Å². The van der Waals surface area contributed by atoms with Crippen molar-refractivity contribution >= 4 is 15.9 Å². The molecule has 0 aliphatic heterocycles. The Balaban J connectivity index is 2.23. The van der Waals surface area contributed by atoms with Crippen molar-refractivity contribution < 1.29 is 18.9 Å². The molecule has 0 aliphatic carbocycles. The maximum atomic E-state index is 8.92. The maximum Gasteiger partial charge on any atom is 0.175 e. The zero-order valence-electron chi connectivity index (χ0n) is 13.1. The summed E-state index contributed by atoms with van der Waals surface area (Å²) in [6.45, 7) is 0.309. The fourth-order valence-corrected chi connectivity index (χ4v) is 2.66. The lowest BCUT2D eigenvalue weighted by Crippen LogP contribution is -2.01. The highest BCUT2D eigenvalue weighted by Crippen LogP contribution is 2.38. The summed E-state index contributed by atoms with van der Waals surface area (Å²) in [5, 5.41) is 8.92. The first-order valence-corrected chi connectivity index (χ1v) is 7.54. The second-order valence-corrected chi connectivity index (χ2v) is 5.33. The predicted octanol–water partition coefficient (Wildman–Crippen LogP) is 3.93. The number of benzene rings is 2. The van der Waals surface area contributed by atoms with Crippen LogP contribution in [0.2, 0.25) is 0 Å². The van der Waals surface area contributed by atoms with E-state index in [0.717, 1.165) is 10.0 Å². The van der Waals surface area contributed by atoms with Crippen LogP contribution in [0.5, 0.6) is 23.0 Å². The molecule has 2 rings (SSSR count). The van der Waals surface area contributed by atoms with E-state index in [-0.39, 0.29) is 0 Å². The molecule has 0 radical (unpaired) electrons. The quantitative estimate of drug-likeness (QED) is 0.763. The van der Waals surface area contributed by atoms with Crippen molar-refractivity contribution in [3.63, 3.8) is 0 Å². The molecule has 0 bridgehead atoms. The molecule has 0 fully saturated rings. The normalized spacial score (nSPS) is 9.87. The SMILES string of the molecule is COc1cc(C#N)ccc1OCc1ccc(OC)c(OC)c1Br. The molecule has 0 atom stereocenters. The van der Waals surface area contributed by atoms with Gasteiger partial charge in [-0.25, -0.2) is 0 Å². The number of nitriles is 1. The van der Waals surface area contributed by atoms with Crippen molar-refractivity contribution in [1.82, 2.24) is 0 Å². The minimum Gasteiger partial charge on any atom is -0.493 e. The van der Waals surface area contributed by atoms with E-state index < -0.39 is 0 Å². The number of hydrogen-bond acceptors (Lipinski definition) is 5. The van der Waals surface area contributed by atoms with E-state index >= 15 is 0 Å². The summed E-state index contributed by atoms with van der Waals surface area (Å²) in [7, 11) is 4.70. The Morgan fingerprint density at radius 2 is 1.65 bits per heavy atom. The van der Waals surface area contributed by atoms with Crippen LogP contribution in [0.4, 0.5) is 0 Å². The van der Waals surface area contributed by atoms with Gasteiger partial charge in [0.15, 0.2) is 23.0 Å². The maximum absolute atomic E-state index is 8.92. The number of ether oxygens (including phenoxy) is 4. The van der Waals surface area contributed by atoms with Gasteiger partial charge in [-0.2, -0.15) is 5.26 Å². The average molecular weight is 378 g/mol. The standard InChI is InChI=1S/C17H16BrNO4/c1-20-14-7-5-12(16(18)17(14)22-3)10-23-13-6-4-11(9-19)8-15(13)21-2/h4-8H,10H2,1-3H3. The van der Waals surface area contributed by atoms with Gasteiger partial charge in [-0.05, 0) is 34.1 Å². The summed E-state index contributed by atoms with van der Waals surface area (Å²) < 4.78 is 22.4. The van der Waals surface area contributed by atoms with Crippen LogP contribution in [0.1, 0.15) is 11.1 Å². The number of methoxy groups -OCH3 is 3. The van der Waals surface area contributed by atoms with Crippen LogP contribution in [0, 0.1) is 11.3 Å². The van der Waals surface area contributed by atoms with Crippen LogP contribution in [-0.4, -0.2) is 21.3 Å². The third-order valence-electron chi connectivity index (χ3n) is 3.24. The second kappa shape index (κ2) is 7.75. The van der Waals surface area contributed by atoms with Crippen molar-refractivity contribution in [3.05, 3.63) is 45.9 Å². The molecule has 5 nitrogen and oxygen atoms in total. The number of nitrogens with zero attached hydrogens (tertiary/aromatic N) is 1. The first-order valence-electron chi connectivity index (χ1n) is 6.74. The molecular weight excluding hydrogens is 362 g/mol. The average Bonchev–Trinajstić information content (AvgIpc) is 2.60. The van der Waals surface area contributed by atoms with E-state index in [1.165, 1.54) is 7.11 Å². The van der Waals surface area contributed by atoms with Gasteiger partial charge in [0.05, 0.1) is 37.4 Å². The van der Waals surface area contributed by atoms with Crippen molar-refractivity contribution in [3.8, 4) is 29.1 Å². The van der Waals surface area contributed by atoms with E-state index in [9.17, 15) is 0 Å². The van der Waals surface area contributed by atoms with Gasteiger partial charge in [-0.15, -0.1) is 0 Å². The summed E-state index contributed by atoms with van der Waals surface area (Å²) in [5.74, 6) is 2.33. The first kappa shape index (κ1) is 17.0. The summed E-state index contributed by atoms with van der Waals surface area (Å²) in [6.07, 6.45) is 0. The molecule has 6 heteroatoms. The fraction of sp³-hybridized carbons (Fsp3) is 0.235. The predicted molar refractivity (Wildman–Crippen MR) is 89.3 cm³/mol. The molecule has 2 aromatic carbocycles. The molecular formula is C17H16BrNO4. The summed E-state index contributed by atoms with van der Waals surface area (Å²) in [4.78, 5) is 0. The number of rotatable bonds is 6. The lowest BCUT2D eigenvalue weighted by Gasteiger charge is -2.15. The Kier molecular flexibility index (Phi) is 5.72. The largest absolute Gasteiger partial charge is 0.493 e. The van der Waals surface area contributed by atoms with Gasteiger partial charge in [0.1, 0.15) is 6.61 Å². The van der Waals surface area contributed by atoms with Gasteiger partial charge in [-0.1, -0.05) is 6.07 Å². The Hall–Kier alpha value is -2.39. The molecule has 0 saturated heterocycles. The van der Waals surface area contributed by atoms with E-state index in [1.807, 2.05) is 12.1 Å². The molecule has 0 aromatic heterocycles. The lowest BCUT2D eigenvalue weighted by molar-refractivity contribution is 0.282. The fourth-order valence-electron chi connectivity index (χ4n) is 2.05. The van der Waals surface area contributed by atoms with Gasteiger partial charge in [-0.3, -0.25) is 0 Å². The van der Waals surface area contributed by atoms with Crippen LogP contribution in [-0.2, 0) is 6.61 Å². The van der Waals surface area contributed by atoms with Crippen LogP contribution in [0.3, 0.4) is 0 Å². The highest BCUT2D eigenvalue weighted by molar-refractivity contribution is 9.10.